The molecule has 2 heterocycles. The van der Waals surface area contributed by atoms with E-state index in [2.05, 4.69) is 31.9 Å². The van der Waals surface area contributed by atoms with E-state index < -0.39 is 5.91 Å². The fourth-order valence-electron chi connectivity index (χ4n) is 2.06. The first-order valence-corrected chi connectivity index (χ1v) is 10.1. The van der Waals surface area contributed by atoms with Crippen LogP contribution in [0.4, 0.5) is 5.13 Å². The van der Waals surface area contributed by atoms with Crippen molar-refractivity contribution >= 4 is 40.0 Å². The second-order valence-electron chi connectivity index (χ2n) is 6.01. The first kappa shape index (κ1) is 20.4. The van der Waals surface area contributed by atoms with E-state index in [9.17, 15) is 9.59 Å². The molecule has 1 N–H and O–H groups in total. The van der Waals surface area contributed by atoms with Crippen molar-refractivity contribution in [2.75, 3.05) is 19.4 Å². The van der Waals surface area contributed by atoms with Crippen molar-refractivity contribution < 1.29 is 9.59 Å². The van der Waals surface area contributed by atoms with Gasteiger partial charge in [0.15, 0.2) is 10.0 Å². The minimum absolute atomic E-state index is 0.00220. The van der Waals surface area contributed by atoms with Gasteiger partial charge in [0.05, 0.1) is 17.8 Å². The van der Waals surface area contributed by atoms with Crippen LogP contribution in [-0.4, -0.2) is 56.0 Å². The van der Waals surface area contributed by atoms with E-state index in [-0.39, 0.29) is 18.1 Å². The van der Waals surface area contributed by atoms with Gasteiger partial charge in [-0.2, -0.15) is 5.26 Å². The lowest BCUT2D eigenvalue weighted by atomic mass is 10.2. The van der Waals surface area contributed by atoms with Crippen LogP contribution in [-0.2, 0) is 17.1 Å². The third-order valence-electron chi connectivity index (χ3n) is 3.64. The number of rotatable bonds is 7. The molecule has 2 aromatic heterocycles. The van der Waals surface area contributed by atoms with Crippen molar-refractivity contribution in [2.24, 2.45) is 0 Å². The van der Waals surface area contributed by atoms with E-state index in [0.717, 1.165) is 5.56 Å². The highest BCUT2D eigenvalue weighted by Gasteiger charge is 2.15. The maximum Gasteiger partial charge on any atom is 0.279 e. The zero-order valence-corrected chi connectivity index (χ0v) is 17.2. The minimum Gasteiger partial charge on any atom is -0.347 e. The Morgan fingerprint density at radius 2 is 2.00 bits per heavy atom. The molecule has 0 bridgehead atoms. The molecule has 3 aromatic rings. The van der Waals surface area contributed by atoms with E-state index in [1.165, 1.54) is 38.9 Å². The van der Waals surface area contributed by atoms with Crippen molar-refractivity contribution in [3.05, 3.63) is 47.3 Å². The molecule has 0 aliphatic heterocycles. The van der Waals surface area contributed by atoms with Gasteiger partial charge in [-0.15, -0.1) is 15.3 Å². The maximum atomic E-state index is 12.3. The Morgan fingerprint density at radius 3 is 2.69 bits per heavy atom. The number of hydrogen-bond donors (Lipinski definition) is 1. The van der Waals surface area contributed by atoms with Crippen molar-refractivity contribution in [2.45, 2.75) is 16.6 Å². The number of aromatic nitrogens is 5. The van der Waals surface area contributed by atoms with E-state index in [4.69, 9.17) is 5.26 Å². The molecule has 0 saturated carbocycles. The summed E-state index contributed by atoms with van der Waals surface area (Å²) < 4.78 is 2.00. The largest absolute Gasteiger partial charge is 0.347 e. The molecule has 0 radical (unpaired) electrons. The molecule has 12 heteroatoms. The molecule has 0 atom stereocenters. The van der Waals surface area contributed by atoms with E-state index >= 15 is 0 Å². The van der Waals surface area contributed by atoms with Gasteiger partial charge in [0, 0.05) is 19.8 Å². The Kier molecular flexibility index (Phi) is 6.53. The standard InChI is InChI=1S/C17H16N8O2S2/c1-24(2)14(26)9-25-8-13(20-23-25)15(27)19-16-21-22-17(29-16)28-10-12-5-3-11(7-18)4-6-12/h3-6,8H,9-10H2,1-2H3,(H,19,21,27). The van der Waals surface area contributed by atoms with Crippen LogP contribution in [0.5, 0.6) is 0 Å². The summed E-state index contributed by atoms with van der Waals surface area (Å²) in [6, 6.07) is 9.39. The highest BCUT2D eigenvalue weighted by Crippen LogP contribution is 2.28. The number of nitrogens with zero attached hydrogens (tertiary/aromatic N) is 7. The number of benzene rings is 1. The average Bonchev–Trinajstić information content (AvgIpc) is 3.36. The van der Waals surface area contributed by atoms with Crippen LogP contribution in [0, 0.1) is 11.3 Å². The lowest BCUT2D eigenvalue weighted by Gasteiger charge is -2.08. The van der Waals surface area contributed by atoms with E-state index in [1.54, 1.807) is 26.2 Å². The zero-order chi connectivity index (χ0) is 20.8. The number of thioether (sulfide) groups is 1. The molecule has 0 fully saturated rings. The molecule has 0 aliphatic carbocycles. The normalized spacial score (nSPS) is 10.4. The quantitative estimate of drug-likeness (QED) is 0.444. The number of nitrogens with one attached hydrogen (secondary N) is 1. The molecular weight excluding hydrogens is 412 g/mol. The van der Waals surface area contributed by atoms with Crippen LogP contribution < -0.4 is 5.32 Å². The Morgan fingerprint density at radius 1 is 1.24 bits per heavy atom. The number of carbonyl (C=O) groups is 2. The van der Waals surface area contributed by atoms with Gasteiger partial charge in [0.2, 0.25) is 11.0 Å². The predicted molar refractivity (Wildman–Crippen MR) is 107 cm³/mol. The number of carbonyl (C=O) groups excluding carboxylic acids is 2. The minimum atomic E-state index is -0.478. The molecular formula is C17H16N8O2S2. The van der Waals surface area contributed by atoms with Crippen LogP contribution in [0.25, 0.3) is 0 Å². The van der Waals surface area contributed by atoms with Crippen LogP contribution in [0.3, 0.4) is 0 Å². The highest BCUT2D eigenvalue weighted by atomic mass is 32.2. The molecule has 0 aliphatic rings. The summed E-state index contributed by atoms with van der Waals surface area (Å²) in [6.07, 6.45) is 1.40. The summed E-state index contributed by atoms with van der Waals surface area (Å²) in [6.45, 7) is 0.00220. The van der Waals surface area contributed by atoms with Crippen molar-refractivity contribution in [3.63, 3.8) is 0 Å². The topological polar surface area (TPSA) is 130 Å². The zero-order valence-electron chi connectivity index (χ0n) is 15.6. The van der Waals surface area contributed by atoms with Gasteiger partial charge in [-0.1, -0.05) is 40.4 Å². The number of hydrogen-bond acceptors (Lipinski definition) is 9. The summed E-state index contributed by atoms with van der Waals surface area (Å²) >= 11 is 2.73. The fraction of sp³-hybridized carbons (Fsp3) is 0.235. The number of nitriles is 1. The smallest absolute Gasteiger partial charge is 0.279 e. The van der Waals surface area contributed by atoms with Crippen molar-refractivity contribution in [1.82, 2.24) is 30.1 Å². The molecule has 1 aromatic carbocycles. The van der Waals surface area contributed by atoms with Gasteiger partial charge >= 0.3 is 0 Å². The van der Waals surface area contributed by atoms with E-state index in [0.29, 0.717) is 20.8 Å². The number of anilines is 1. The Balaban J connectivity index is 1.54. The van der Waals surface area contributed by atoms with Gasteiger partial charge in [-0.05, 0) is 17.7 Å². The summed E-state index contributed by atoms with van der Waals surface area (Å²) in [5, 5.41) is 27.4. The van der Waals surface area contributed by atoms with Gasteiger partial charge < -0.3 is 4.90 Å². The first-order valence-electron chi connectivity index (χ1n) is 8.31. The Bertz CT molecular complexity index is 1050. The number of amides is 2. The maximum absolute atomic E-state index is 12.3. The summed E-state index contributed by atoms with van der Waals surface area (Å²) in [5.41, 5.74) is 1.75. The third kappa shape index (κ3) is 5.59. The summed E-state index contributed by atoms with van der Waals surface area (Å²) in [4.78, 5) is 25.4. The first-order chi connectivity index (χ1) is 13.9. The molecule has 0 spiro atoms. The van der Waals surface area contributed by atoms with Crippen molar-refractivity contribution in [1.29, 1.82) is 5.26 Å². The number of likely N-dealkylation sites (N-methyl/N-ethyl adjacent to an activating group) is 1. The highest BCUT2D eigenvalue weighted by molar-refractivity contribution is 8.00. The summed E-state index contributed by atoms with van der Waals surface area (Å²) in [5.74, 6) is 0.0333. The molecule has 148 valence electrons. The molecule has 10 nitrogen and oxygen atoms in total. The third-order valence-corrected chi connectivity index (χ3v) is 5.68. The fourth-order valence-corrected chi connectivity index (χ4v) is 3.76. The van der Waals surface area contributed by atoms with Crippen LogP contribution in [0.15, 0.2) is 34.8 Å². The lowest BCUT2D eigenvalue weighted by Crippen LogP contribution is -2.26. The monoisotopic (exact) mass is 428 g/mol. The second kappa shape index (κ2) is 9.26. The van der Waals surface area contributed by atoms with Crippen LogP contribution in [0.2, 0.25) is 0 Å². The Labute approximate surface area is 174 Å². The molecule has 3 rings (SSSR count). The van der Waals surface area contributed by atoms with E-state index in [1.807, 2.05) is 12.1 Å². The predicted octanol–water partition coefficient (Wildman–Crippen LogP) is 1.63. The molecule has 0 unspecified atom stereocenters. The van der Waals surface area contributed by atoms with Crippen LogP contribution >= 0.6 is 23.1 Å². The molecule has 2 amide bonds. The van der Waals surface area contributed by atoms with Crippen LogP contribution in [0.1, 0.15) is 21.6 Å². The van der Waals surface area contributed by atoms with Gasteiger partial charge in [0.25, 0.3) is 5.91 Å². The summed E-state index contributed by atoms with van der Waals surface area (Å²) in [7, 11) is 3.28. The Hall–Kier alpha value is -3.30. The average molecular weight is 429 g/mol. The SMILES string of the molecule is CN(C)C(=O)Cn1cc(C(=O)Nc2nnc(SCc3ccc(C#N)cc3)s2)nn1. The second-order valence-corrected chi connectivity index (χ2v) is 8.21. The van der Waals surface area contributed by atoms with Gasteiger partial charge in [0.1, 0.15) is 6.54 Å². The van der Waals surface area contributed by atoms with Crippen molar-refractivity contribution in [3.8, 4) is 6.07 Å². The molecule has 29 heavy (non-hydrogen) atoms. The lowest BCUT2D eigenvalue weighted by molar-refractivity contribution is -0.129. The van der Waals surface area contributed by atoms with Gasteiger partial charge in [-0.25, -0.2) is 4.68 Å². The molecule has 0 saturated heterocycles. The van der Waals surface area contributed by atoms with Gasteiger partial charge in [-0.3, -0.25) is 14.9 Å².